The molecule has 0 radical (unpaired) electrons. The Balaban J connectivity index is 1.34. The van der Waals surface area contributed by atoms with E-state index in [2.05, 4.69) is 43.3 Å². The minimum Gasteiger partial charge on any atom is -0.376 e. The third-order valence-corrected chi connectivity index (χ3v) is 7.95. The first kappa shape index (κ1) is 26.1. The molecule has 2 aromatic carbocycles. The number of H-pyrrole nitrogens is 1. The summed E-state index contributed by atoms with van der Waals surface area (Å²) in [6.45, 7) is 6.07. The third-order valence-electron chi connectivity index (χ3n) is 7.95. The molecule has 0 bridgehead atoms. The van der Waals surface area contributed by atoms with Crippen molar-refractivity contribution in [1.82, 2.24) is 30.1 Å². The van der Waals surface area contributed by atoms with E-state index in [9.17, 15) is 14.9 Å². The first-order valence-electron chi connectivity index (χ1n) is 13.8. The SMILES string of the molecule is CCc1ccc2[nH]c(=O)c([C@H](c3nnnn3C[C@H]3CCCO3)N3CCN(c4ccc([N+](=O)[O-])cc4)CC3)cc2c1. The van der Waals surface area contributed by atoms with Crippen LogP contribution in [-0.2, 0) is 17.7 Å². The van der Waals surface area contributed by atoms with Crippen LogP contribution in [0, 0.1) is 10.1 Å². The van der Waals surface area contributed by atoms with Crippen molar-refractivity contribution >= 4 is 22.3 Å². The molecular formula is C28H32N8O4. The van der Waals surface area contributed by atoms with Crippen molar-refractivity contribution < 1.29 is 9.66 Å². The molecule has 0 saturated carbocycles. The molecule has 2 atom stereocenters. The molecule has 2 saturated heterocycles. The van der Waals surface area contributed by atoms with Crippen LogP contribution in [-0.4, -0.2) is 73.9 Å². The summed E-state index contributed by atoms with van der Waals surface area (Å²) >= 11 is 0. The van der Waals surface area contributed by atoms with Gasteiger partial charge in [0.15, 0.2) is 5.82 Å². The highest BCUT2D eigenvalue weighted by molar-refractivity contribution is 5.80. The van der Waals surface area contributed by atoms with E-state index in [4.69, 9.17) is 4.74 Å². The number of hydrogen-bond acceptors (Lipinski definition) is 9. The quantitative estimate of drug-likeness (QED) is 0.262. The predicted molar refractivity (Wildman–Crippen MR) is 149 cm³/mol. The smallest absolute Gasteiger partial charge is 0.269 e. The summed E-state index contributed by atoms with van der Waals surface area (Å²) in [4.78, 5) is 31.8. The number of ether oxygens (including phenoxy) is 1. The fraction of sp³-hybridized carbons (Fsp3) is 0.429. The topological polar surface area (TPSA) is 135 Å². The number of benzene rings is 2. The van der Waals surface area contributed by atoms with Gasteiger partial charge in [-0.2, -0.15) is 0 Å². The minimum atomic E-state index is -0.450. The van der Waals surface area contributed by atoms with Crippen LogP contribution in [0.4, 0.5) is 11.4 Å². The molecule has 0 amide bonds. The second-order valence-corrected chi connectivity index (χ2v) is 10.4. The average Bonchev–Trinajstić information content (AvgIpc) is 3.66. The van der Waals surface area contributed by atoms with Crippen LogP contribution in [0.1, 0.15) is 42.8 Å². The van der Waals surface area contributed by atoms with Crippen molar-refractivity contribution in [3.05, 3.63) is 86.0 Å². The number of piperazine rings is 1. The highest BCUT2D eigenvalue weighted by Crippen LogP contribution is 2.30. The highest BCUT2D eigenvalue weighted by Gasteiger charge is 2.33. The Labute approximate surface area is 230 Å². The van der Waals surface area contributed by atoms with Gasteiger partial charge in [0, 0.05) is 61.7 Å². The van der Waals surface area contributed by atoms with Gasteiger partial charge < -0.3 is 14.6 Å². The molecule has 2 aromatic heterocycles. The van der Waals surface area contributed by atoms with Crippen LogP contribution in [0.15, 0.2) is 53.3 Å². The predicted octanol–water partition coefficient (Wildman–Crippen LogP) is 3.08. The van der Waals surface area contributed by atoms with Gasteiger partial charge in [0.05, 0.1) is 17.6 Å². The van der Waals surface area contributed by atoms with Gasteiger partial charge in [0.2, 0.25) is 0 Å². The number of pyridine rings is 1. The summed E-state index contributed by atoms with van der Waals surface area (Å²) in [6.07, 6.45) is 2.91. The zero-order valence-electron chi connectivity index (χ0n) is 22.4. The molecule has 4 aromatic rings. The third kappa shape index (κ3) is 5.19. The van der Waals surface area contributed by atoms with Gasteiger partial charge in [-0.3, -0.25) is 19.8 Å². The number of aromatic nitrogens is 5. The highest BCUT2D eigenvalue weighted by atomic mass is 16.6. The van der Waals surface area contributed by atoms with E-state index in [1.54, 1.807) is 16.8 Å². The molecule has 2 aliphatic rings. The summed E-state index contributed by atoms with van der Waals surface area (Å²) < 4.78 is 7.65. The Kier molecular flexibility index (Phi) is 7.27. The number of anilines is 1. The van der Waals surface area contributed by atoms with Crippen molar-refractivity contribution in [3.8, 4) is 0 Å². The largest absolute Gasteiger partial charge is 0.376 e. The zero-order valence-corrected chi connectivity index (χ0v) is 22.4. The molecule has 0 aliphatic carbocycles. The molecule has 6 rings (SSSR count). The number of fused-ring (bicyclic) bond motifs is 1. The number of aromatic amines is 1. The van der Waals surface area contributed by atoms with Gasteiger partial charge in [0.1, 0.15) is 6.04 Å². The van der Waals surface area contributed by atoms with E-state index in [0.29, 0.717) is 44.1 Å². The maximum atomic E-state index is 13.5. The van der Waals surface area contributed by atoms with E-state index in [0.717, 1.165) is 42.5 Å². The van der Waals surface area contributed by atoms with E-state index in [-0.39, 0.29) is 17.4 Å². The molecule has 2 aliphatic heterocycles. The van der Waals surface area contributed by atoms with E-state index < -0.39 is 11.0 Å². The Bertz CT molecular complexity index is 1550. The van der Waals surface area contributed by atoms with Gasteiger partial charge in [-0.25, -0.2) is 4.68 Å². The maximum Gasteiger partial charge on any atom is 0.269 e. The second kappa shape index (κ2) is 11.1. The fourth-order valence-electron chi connectivity index (χ4n) is 5.74. The van der Waals surface area contributed by atoms with E-state index in [1.807, 2.05) is 18.2 Å². The van der Waals surface area contributed by atoms with Gasteiger partial charge in [-0.15, -0.1) is 5.10 Å². The van der Waals surface area contributed by atoms with E-state index >= 15 is 0 Å². The first-order valence-corrected chi connectivity index (χ1v) is 13.8. The molecule has 12 heteroatoms. The summed E-state index contributed by atoms with van der Waals surface area (Å²) in [6, 6.07) is 14.3. The molecule has 2 fully saturated rings. The van der Waals surface area contributed by atoms with Crippen molar-refractivity contribution in [2.24, 2.45) is 0 Å². The molecule has 40 heavy (non-hydrogen) atoms. The lowest BCUT2D eigenvalue weighted by molar-refractivity contribution is -0.384. The molecule has 1 N–H and O–H groups in total. The Hall–Kier alpha value is -4.16. The van der Waals surface area contributed by atoms with E-state index in [1.165, 1.54) is 17.7 Å². The molecular weight excluding hydrogens is 512 g/mol. The molecule has 208 valence electrons. The lowest BCUT2D eigenvalue weighted by Gasteiger charge is -2.39. The fourth-order valence-corrected chi connectivity index (χ4v) is 5.74. The van der Waals surface area contributed by atoms with Crippen molar-refractivity contribution in [2.45, 2.75) is 44.9 Å². The molecule has 12 nitrogen and oxygen atoms in total. The number of nitro benzene ring substituents is 1. The second-order valence-electron chi connectivity index (χ2n) is 10.4. The molecule has 4 heterocycles. The number of aryl methyl sites for hydroxylation is 1. The van der Waals surface area contributed by atoms with Crippen LogP contribution in [0.25, 0.3) is 10.9 Å². The van der Waals surface area contributed by atoms with Gasteiger partial charge in [0.25, 0.3) is 11.2 Å². The van der Waals surface area contributed by atoms with Gasteiger partial charge in [-0.05, 0) is 71.0 Å². The molecule has 0 spiro atoms. The lowest BCUT2D eigenvalue weighted by Crippen LogP contribution is -2.49. The van der Waals surface area contributed by atoms with Gasteiger partial charge >= 0.3 is 0 Å². The average molecular weight is 545 g/mol. The monoisotopic (exact) mass is 544 g/mol. The Morgan fingerprint density at radius 1 is 1.12 bits per heavy atom. The summed E-state index contributed by atoms with van der Waals surface area (Å²) in [5.41, 5.74) is 3.44. The van der Waals surface area contributed by atoms with Crippen LogP contribution in [0.5, 0.6) is 0 Å². The minimum absolute atomic E-state index is 0.0453. The number of tetrazole rings is 1. The van der Waals surface area contributed by atoms with Crippen LogP contribution in [0.2, 0.25) is 0 Å². The van der Waals surface area contributed by atoms with Gasteiger partial charge in [-0.1, -0.05) is 13.0 Å². The Morgan fingerprint density at radius 2 is 1.93 bits per heavy atom. The number of nitrogens with zero attached hydrogens (tertiary/aromatic N) is 7. The summed E-state index contributed by atoms with van der Waals surface area (Å²) in [7, 11) is 0. The zero-order chi connectivity index (χ0) is 27.6. The normalized spacial score (nSPS) is 18.8. The number of hydrogen-bond donors (Lipinski definition) is 1. The summed E-state index contributed by atoms with van der Waals surface area (Å²) in [5, 5.41) is 24.8. The summed E-state index contributed by atoms with van der Waals surface area (Å²) in [5.74, 6) is 0.621. The standard InChI is InChI=1S/C28H32N8O4/c1-2-19-5-10-25-20(16-19)17-24(28(37)29-25)26(27-30-31-32-35(27)18-23-4-3-15-40-23)34-13-11-33(12-14-34)21-6-8-22(9-7-21)36(38)39/h5-10,16-17,23,26H,2-4,11-15,18H2,1H3,(H,29,37)/t23-,26-/m1/s1. The van der Waals surface area contributed by atoms with Crippen LogP contribution >= 0.6 is 0 Å². The lowest BCUT2D eigenvalue weighted by atomic mass is 10.0. The van der Waals surface area contributed by atoms with Crippen molar-refractivity contribution in [3.63, 3.8) is 0 Å². The number of nitro groups is 1. The Morgan fingerprint density at radius 3 is 2.62 bits per heavy atom. The molecule has 0 unspecified atom stereocenters. The maximum absolute atomic E-state index is 13.5. The van der Waals surface area contributed by atoms with Crippen molar-refractivity contribution in [2.75, 3.05) is 37.7 Å². The van der Waals surface area contributed by atoms with Crippen molar-refractivity contribution in [1.29, 1.82) is 0 Å². The van der Waals surface area contributed by atoms with Crippen LogP contribution < -0.4 is 10.5 Å². The van der Waals surface area contributed by atoms with Crippen LogP contribution in [0.3, 0.4) is 0 Å². The first-order chi connectivity index (χ1) is 19.5. The number of nitrogens with one attached hydrogen (secondary N) is 1. The number of rotatable bonds is 8. The number of non-ortho nitro benzene ring substituents is 1.